The molecule has 1 saturated heterocycles. The van der Waals surface area contributed by atoms with Crippen LogP contribution in [0, 0.1) is 0 Å². The van der Waals surface area contributed by atoms with E-state index >= 15 is 0 Å². The molecule has 1 aliphatic heterocycles. The molecule has 0 radical (unpaired) electrons. The molecule has 0 unspecified atom stereocenters. The van der Waals surface area contributed by atoms with Crippen molar-refractivity contribution in [1.82, 2.24) is 26.5 Å². The van der Waals surface area contributed by atoms with E-state index in [0.29, 0.717) is 12.4 Å². The average molecular weight is 313 g/mol. The maximum Gasteiger partial charge on any atom is 0.315 e. The molecule has 1 aromatic carbocycles. The van der Waals surface area contributed by atoms with Gasteiger partial charge in [0.05, 0.1) is 6.04 Å². The number of carbonyl (C=O) groups excluding carboxylic acids is 1. The smallest absolute Gasteiger partial charge is 0.315 e. The van der Waals surface area contributed by atoms with E-state index in [1.807, 2.05) is 36.4 Å². The fraction of sp³-hybridized carbons (Fsp3) is 0.250. The summed E-state index contributed by atoms with van der Waals surface area (Å²) in [4.78, 5) is 16.0. The van der Waals surface area contributed by atoms with Gasteiger partial charge in [0.1, 0.15) is 5.75 Å². The minimum Gasteiger partial charge on any atom is -0.439 e. The van der Waals surface area contributed by atoms with Crippen molar-refractivity contribution >= 4 is 6.03 Å². The van der Waals surface area contributed by atoms with E-state index in [9.17, 15) is 4.79 Å². The second-order valence-corrected chi connectivity index (χ2v) is 5.21. The van der Waals surface area contributed by atoms with E-state index in [1.54, 1.807) is 12.3 Å². The highest BCUT2D eigenvalue weighted by atomic mass is 16.5. The van der Waals surface area contributed by atoms with E-state index in [2.05, 4.69) is 26.5 Å². The Hall–Kier alpha value is -2.64. The van der Waals surface area contributed by atoms with Gasteiger partial charge in [0.25, 0.3) is 0 Å². The zero-order valence-corrected chi connectivity index (χ0v) is 12.6. The fourth-order valence-electron chi connectivity index (χ4n) is 2.17. The largest absolute Gasteiger partial charge is 0.439 e. The van der Waals surface area contributed by atoms with Gasteiger partial charge in [-0.2, -0.15) is 0 Å². The number of aromatic nitrogens is 1. The highest BCUT2D eigenvalue weighted by Gasteiger charge is 2.15. The molecule has 3 rings (SSSR count). The van der Waals surface area contributed by atoms with Crippen molar-refractivity contribution < 1.29 is 9.53 Å². The van der Waals surface area contributed by atoms with Crippen LogP contribution in [-0.4, -0.2) is 30.1 Å². The lowest BCUT2D eigenvalue weighted by molar-refractivity contribution is 0.238. The van der Waals surface area contributed by atoms with Crippen molar-refractivity contribution in [3.8, 4) is 11.6 Å². The summed E-state index contributed by atoms with van der Waals surface area (Å²) in [7, 11) is 0. The van der Waals surface area contributed by atoms with Gasteiger partial charge in [-0.15, -0.1) is 0 Å². The molecule has 4 N–H and O–H groups in total. The van der Waals surface area contributed by atoms with E-state index in [0.717, 1.165) is 24.4 Å². The number of benzene rings is 1. The van der Waals surface area contributed by atoms with Crippen LogP contribution in [0.4, 0.5) is 4.79 Å². The lowest BCUT2D eigenvalue weighted by Crippen LogP contribution is -2.44. The number of hydrogen-bond donors (Lipinski definition) is 4. The number of para-hydroxylation sites is 1. The lowest BCUT2D eigenvalue weighted by Gasteiger charge is -2.12. The minimum absolute atomic E-state index is 0.106. The van der Waals surface area contributed by atoms with Crippen LogP contribution in [0.3, 0.4) is 0 Å². The summed E-state index contributed by atoms with van der Waals surface area (Å²) < 4.78 is 5.62. The van der Waals surface area contributed by atoms with Gasteiger partial charge in [-0.3, -0.25) is 10.9 Å². The Labute approximate surface area is 134 Å². The monoisotopic (exact) mass is 313 g/mol. The fourth-order valence-corrected chi connectivity index (χ4v) is 2.17. The van der Waals surface area contributed by atoms with Crippen LogP contribution in [0.1, 0.15) is 5.56 Å². The number of nitrogens with zero attached hydrogens (tertiary/aromatic N) is 1. The topological polar surface area (TPSA) is 87.3 Å². The van der Waals surface area contributed by atoms with Gasteiger partial charge >= 0.3 is 6.03 Å². The molecular formula is C16H19N5O2. The highest BCUT2D eigenvalue weighted by Crippen LogP contribution is 2.18. The molecule has 2 heterocycles. The van der Waals surface area contributed by atoms with E-state index in [-0.39, 0.29) is 12.1 Å². The standard InChI is InChI=1S/C16H19N5O2/c22-16(21-13-10-19-20-11-13)18-9-12-6-7-15(17-8-12)23-14-4-2-1-3-5-14/h1-8,13,19-20H,9-11H2,(H2,18,21,22). The molecule has 0 atom stereocenters. The number of hydrogen-bond acceptors (Lipinski definition) is 5. The Morgan fingerprint density at radius 3 is 2.65 bits per heavy atom. The first-order valence-electron chi connectivity index (χ1n) is 7.47. The Bertz CT molecular complexity index is 627. The molecule has 1 fully saturated rings. The van der Waals surface area contributed by atoms with Crippen LogP contribution in [0.25, 0.3) is 0 Å². The zero-order chi connectivity index (χ0) is 15.9. The summed E-state index contributed by atoms with van der Waals surface area (Å²) in [5.41, 5.74) is 6.83. The average Bonchev–Trinajstić information content (AvgIpc) is 3.08. The predicted molar refractivity (Wildman–Crippen MR) is 85.9 cm³/mol. The second-order valence-electron chi connectivity index (χ2n) is 5.21. The van der Waals surface area contributed by atoms with Gasteiger partial charge in [-0.25, -0.2) is 9.78 Å². The van der Waals surface area contributed by atoms with Crippen LogP contribution in [0.2, 0.25) is 0 Å². The number of ether oxygens (including phenoxy) is 1. The van der Waals surface area contributed by atoms with Crippen molar-refractivity contribution in [1.29, 1.82) is 0 Å². The number of carbonyl (C=O) groups is 1. The van der Waals surface area contributed by atoms with Crippen LogP contribution >= 0.6 is 0 Å². The number of urea groups is 1. The Balaban J connectivity index is 1.46. The maximum atomic E-state index is 11.8. The number of rotatable bonds is 5. The molecule has 0 aliphatic carbocycles. The van der Waals surface area contributed by atoms with Crippen LogP contribution in [-0.2, 0) is 6.54 Å². The first kappa shape index (κ1) is 15.3. The van der Waals surface area contributed by atoms with Crippen LogP contribution < -0.4 is 26.2 Å². The summed E-state index contributed by atoms with van der Waals surface area (Å²) in [5, 5.41) is 5.68. The summed E-state index contributed by atoms with van der Waals surface area (Å²) in [6.07, 6.45) is 1.69. The molecule has 120 valence electrons. The molecule has 0 spiro atoms. The van der Waals surface area contributed by atoms with Crippen molar-refractivity contribution in [3.05, 3.63) is 54.2 Å². The van der Waals surface area contributed by atoms with Crippen molar-refractivity contribution in [3.63, 3.8) is 0 Å². The van der Waals surface area contributed by atoms with E-state index in [4.69, 9.17) is 4.74 Å². The number of nitrogens with one attached hydrogen (secondary N) is 4. The van der Waals surface area contributed by atoms with E-state index < -0.39 is 0 Å². The first-order chi connectivity index (χ1) is 11.3. The van der Waals surface area contributed by atoms with E-state index in [1.165, 1.54) is 0 Å². The normalized spacial score (nSPS) is 14.4. The maximum absolute atomic E-state index is 11.8. The van der Waals surface area contributed by atoms with Crippen molar-refractivity contribution in [2.45, 2.75) is 12.6 Å². The highest BCUT2D eigenvalue weighted by molar-refractivity contribution is 5.74. The lowest BCUT2D eigenvalue weighted by atomic mass is 10.3. The SMILES string of the molecule is O=C(NCc1ccc(Oc2ccccc2)nc1)NC1CNNC1. The van der Waals surface area contributed by atoms with Gasteiger partial charge in [0.15, 0.2) is 0 Å². The van der Waals surface area contributed by atoms with Crippen molar-refractivity contribution in [2.75, 3.05) is 13.1 Å². The third kappa shape index (κ3) is 4.67. The molecule has 2 amide bonds. The Morgan fingerprint density at radius 1 is 1.17 bits per heavy atom. The minimum atomic E-state index is -0.190. The van der Waals surface area contributed by atoms with Gasteiger partial charge in [-0.05, 0) is 17.7 Å². The second kappa shape index (κ2) is 7.57. The quantitative estimate of drug-likeness (QED) is 0.665. The molecule has 0 bridgehead atoms. The molecule has 7 heteroatoms. The summed E-state index contributed by atoms with van der Waals surface area (Å²) in [6, 6.07) is 13.1. The molecule has 0 saturated carbocycles. The zero-order valence-electron chi connectivity index (χ0n) is 12.6. The molecule has 1 aromatic heterocycles. The van der Waals surface area contributed by atoms with Crippen molar-refractivity contribution in [2.24, 2.45) is 0 Å². The number of pyridine rings is 1. The van der Waals surface area contributed by atoms with Crippen LogP contribution in [0.15, 0.2) is 48.7 Å². The molecular weight excluding hydrogens is 294 g/mol. The Morgan fingerprint density at radius 2 is 1.96 bits per heavy atom. The predicted octanol–water partition coefficient (Wildman–Crippen LogP) is 1.15. The molecule has 23 heavy (non-hydrogen) atoms. The van der Waals surface area contributed by atoms with Crippen LogP contribution in [0.5, 0.6) is 11.6 Å². The van der Waals surface area contributed by atoms with Gasteiger partial charge in [0, 0.05) is 31.9 Å². The number of hydrazine groups is 1. The molecule has 1 aliphatic rings. The third-order valence-electron chi connectivity index (χ3n) is 3.37. The number of amides is 2. The first-order valence-corrected chi connectivity index (χ1v) is 7.47. The van der Waals surface area contributed by atoms with Gasteiger partial charge in [-0.1, -0.05) is 24.3 Å². The van der Waals surface area contributed by atoms with Gasteiger partial charge < -0.3 is 15.4 Å². The summed E-state index contributed by atoms with van der Waals surface area (Å²) in [6.45, 7) is 1.86. The molecule has 7 nitrogen and oxygen atoms in total. The summed E-state index contributed by atoms with van der Waals surface area (Å²) >= 11 is 0. The third-order valence-corrected chi connectivity index (χ3v) is 3.37. The molecule has 2 aromatic rings. The van der Waals surface area contributed by atoms with Gasteiger partial charge in [0.2, 0.25) is 5.88 Å². The summed E-state index contributed by atoms with van der Waals surface area (Å²) in [5.74, 6) is 1.26. The Kier molecular flexibility index (Phi) is 5.02.